The zero-order chi connectivity index (χ0) is 11.5. The predicted molar refractivity (Wildman–Crippen MR) is 65.4 cm³/mol. The van der Waals surface area contributed by atoms with Crippen molar-refractivity contribution < 1.29 is 4.79 Å². The molecule has 0 fully saturated rings. The molecule has 0 spiro atoms. The molecule has 1 unspecified atom stereocenters. The molecule has 1 atom stereocenters. The normalized spacial score (nSPS) is 18.5. The molecule has 1 aromatic carbocycles. The number of aryl methyl sites for hydroxylation is 1. The Hall–Kier alpha value is -1.51. The minimum atomic E-state index is 0.0130. The van der Waals surface area contributed by atoms with Crippen molar-refractivity contribution in [3.63, 3.8) is 0 Å². The summed E-state index contributed by atoms with van der Waals surface area (Å²) in [6.07, 6.45) is 2.34. The molecule has 1 heterocycles. The van der Waals surface area contributed by atoms with E-state index in [4.69, 9.17) is 0 Å². The number of carbonyl (C=O) groups excluding carboxylic acids is 1. The van der Waals surface area contributed by atoms with Gasteiger partial charge in [-0.15, -0.1) is 0 Å². The maximum absolute atomic E-state index is 10.8. The second-order valence-corrected chi connectivity index (χ2v) is 4.49. The van der Waals surface area contributed by atoms with Gasteiger partial charge in [-0.25, -0.2) is 0 Å². The van der Waals surface area contributed by atoms with Gasteiger partial charge in [-0.3, -0.25) is 4.79 Å². The molecule has 0 aromatic heterocycles. The van der Waals surface area contributed by atoms with E-state index in [9.17, 15) is 4.79 Å². The molecule has 2 N–H and O–H groups in total. The van der Waals surface area contributed by atoms with Crippen LogP contribution in [0.4, 0.5) is 5.69 Å². The van der Waals surface area contributed by atoms with Gasteiger partial charge in [0.2, 0.25) is 5.91 Å². The SMILES string of the molecule is CC(=O)NCc1ccc2c(c1)NC(C)CC2. The molecular formula is C13H18N2O. The van der Waals surface area contributed by atoms with Crippen molar-refractivity contribution in [1.29, 1.82) is 0 Å². The van der Waals surface area contributed by atoms with Gasteiger partial charge in [-0.2, -0.15) is 0 Å². The lowest BCUT2D eigenvalue weighted by atomic mass is 9.97. The van der Waals surface area contributed by atoms with Crippen molar-refractivity contribution in [2.75, 3.05) is 5.32 Å². The number of rotatable bonds is 2. The highest BCUT2D eigenvalue weighted by Crippen LogP contribution is 2.25. The first-order valence-corrected chi connectivity index (χ1v) is 5.78. The van der Waals surface area contributed by atoms with Gasteiger partial charge in [0.25, 0.3) is 0 Å². The average Bonchev–Trinajstić information content (AvgIpc) is 2.25. The van der Waals surface area contributed by atoms with Gasteiger partial charge in [-0.05, 0) is 37.0 Å². The van der Waals surface area contributed by atoms with Crippen molar-refractivity contribution >= 4 is 11.6 Å². The Bertz CT molecular complexity index is 401. The third-order valence-electron chi connectivity index (χ3n) is 2.96. The van der Waals surface area contributed by atoms with Crippen LogP contribution in [-0.2, 0) is 17.8 Å². The molecule has 3 nitrogen and oxygen atoms in total. The lowest BCUT2D eigenvalue weighted by Gasteiger charge is -2.24. The molecule has 0 aliphatic carbocycles. The van der Waals surface area contributed by atoms with Gasteiger partial charge in [0.1, 0.15) is 0 Å². The Kier molecular flexibility index (Phi) is 3.13. The maximum Gasteiger partial charge on any atom is 0.217 e. The first-order chi connectivity index (χ1) is 7.65. The largest absolute Gasteiger partial charge is 0.382 e. The molecule has 1 aromatic rings. The molecule has 0 saturated carbocycles. The number of hydrogen-bond acceptors (Lipinski definition) is 2. The minimum Gasteiger partial charge on any atom is -0.382 e. The van der Waals surface area contributed by atoms with E-state index in [2.05, 4.69) is 35.8 Å². The van der Waals surface area contributed by atoms with Crippen LogP contribution in [0.25, 0.3) is 0 Å². The molecule has 16 heavy (non-hydrogen) atoms. The number of benzene rings is 1. The molecule has 2 rings (SSSR count). The molecule has 1 aliphatic heterocycles. The quantitative estimate of drug-likeness (QED) is 0.798. The van der Waals surface area contributed by atoms with Crippen LogP contribution in [0.15, 0.2) is 18.2 Å². The average molecular weight is 218 g/mol. The van der Waals surface area contributed by atoms with E-state index in [-0.39, 0.29) is 5.91 Å². The highest BCUT2D eigenvalue weighted by atomic mass is 16.1. The summed E-state index contributed by atoms with van der Waals surface area (Å²) in [5.41, 5.74) is 3.75. The van der Waals surface area contributed by atoms with E-state index >= 15 is 0 Å². The van der Waals surface area contributed by atoms with Gasteiger partial charge in [0, 0.05) is 25.2 Å². The van der Waals surface area contributed by atoms with E-state index in [1.165, 1.54) is 17.7 Å². The van der Waals surface area contributed by atoms with E-state index in [0.29, 0.717) is 12.6 Å². The van der Waals surface area contributed by atoms with E-state index in [0.717, 1.165) is 12.0 Å². The fourth-order valence-corrected chi connectivity index (χ4v) is 2.02. The Morgan fingerprint density at radius 1 is 1.56 bits per heavy atom. The molecular weight excluding hydrogens is 200 g/mol. The zero-order valence-electron chi connectivity index (χ0n) is 9.84. The van der Waals surface area contributed by atoms with Crippen LogP contribution < -0.4 is 10.6 Å². The number of hydrogen-bond donors (Lipinski definition) is 2. The van der Waals surface area contributed by atoms with Crippen LogP contribution in [0.5, 0.6) is 0 Å². The van der Waals surface area contributed by atoms with Crippen LogP contribution in [-0.4, -0.2) is 11.9 Å². The summed E-state index contributed by atoms with van der Waals surface area (Å²) in [7, 11) is 0. The second kappa shape index (κ2) is 4.56. The lowest BCUT2D eigenvalue weighted by Crippen LogP contribution is -2.23. The Morgan fingerprint density at radius 2 is 2.38 bits per heavy atom. The van der Waals surface area contributed by atoms with Gasteiger partial charge in [-0.1, -0.05) is 12.1 Å². The van der Waals surface area contributed by atoms with Crippen LogP contribution >= 0.6 is 0 Å². The van der Waals surface area contributed by atoms with Crippen molar-refractivity contribution in [2.45, 2.75) is 39.3 Å². The van der Waals surface area contributed by atoms with E-state index < -0.39 is 0 Å². The second-order valence-electron chi connectivity index (χ2n) is 4.49. The van der Waals surface area contributed by atoms with Crippen molar-refractivity contribution in [3.8, 4) is 0 Å². The molecule has 1 amide bonds. The Morgan fingerprint density at radius 3 is 3.12 bits per heavy atom. The van der Waals surface area contributed by atoms with E-state index in [1.807, 2.05) is 0 Å². The van der Waals surface area contributed by atoms with Crippen molar-refractivity contribution in [1.82, 2.24) is 5.32 Å². The number of nitrogens with one attached hydrogen (secondary N) is 2. The standard InChI is InChI=1S/C13H18N2O/c1-9-3-5-12-6-4-11(7-13(12)15-9)8-14-10(2)16/h4,6-7,9,15H,3,5,8H2,1-2H3,(H,14,16). The Labute approximate surface area is 96.2 Å². The first-order valence-electron chi connectivity index (χ1n) is 5.78. The fraction of sp³-hybridized carbons (Fsp3) is 0.462. The summed E-state index contributed by atoms with van der Waals surface area (Å²) in [4.78, 5) is 10.8. The third-order valence-corrected chi connectivity index (χ3v) is 2.96. The van der Waals surface area contributed by atoms with Gasteiger partial charge in [0.15, 0.2) is 0 Å². The summed E-state index contributed by atoms with van der Waals surface area (Å²) in [5, 5.41) is 6.29. The summed E-state index contributed by atoms with van der Waals surface area (Å²) in [5.74, 6) is 0.0130. The fourth-order valence-electron chi connectivity index (χ4n) is 2.02. The molecule has 0 bridgehead atoms. The molecule has 1 aliphatic rings. The Balaban J connectivity index is 2.11. The molecule has 86 valence electrons. The van der Waals surface area contributed by atoms with E-state index in [1.54, 1.807) is 6.92 Å². The van der Waals surface area contributed by atoms with Crippen molar-refractivity contribution in [3.05, 3.63) is 29.3 Å². The summed E-state index contributed by atoms with van der Waals surface area (Å²) >= 11 is 0. The number of anilines is 1. The number of carbonyl (C=O) groups is 1. The highest BCUT2D eigenvalue weighted by Gasteiger charge is 2.13. The smallest absolute Gasteiger partial charge is 0.217 e. The summed E-state index contributed by atoms with van der Waals surface area (Å²) < 4.78 is 0. The monoisotopic (exact) mass is 218 g/mol. The summed E-state index contributed by atoms with van der Waals surface area (Å²) in [6.45, 7) is 4.35. The van der Waals surface area contributed by atoms with Crippen molar-refractivity contribution in [2.24, 2.45) is 0 Å². The first kappa shape index (κ1) is 11.0. The third kappa shape index (κ3) is 2.54. The van der Waals surface area contributed by atoms with Gasteiger partial charge < -0.3 is 10.6 Å². The minimum absolute atomic E-state index is 0.0130. The number of amides is 1. The molecule has 0 saturated heterocycles. The highest BCUT2D eigenvalue weighted by molar-refractivity contribution is 5.72. The zero-order valence-corrected chi connectivity index (χ0v) is 9.84. The number of fused-ring (bicyclic) bond motifs is 1. The topological polar surface area (TPSA) is 41.1 Å². The maximum atomic E-state index is 10.8. The van der Waals surface area contributed by atoms with Crippen LogP contribution in [0.1, 0.15) is 31.4 Å². The van der Waals surface area contributed by atoms with Gasteiger partial charge >= 0.3 is 0 Å². The predicted octanol–water partition coefficient (Wildman–Crippen LogP) is 2.07. The lowest BCUT2D eigenvalue weighted by molar-refractivity contribution is -0.119. The van der Waals surface area contributed by atoms with Crippen LogP contribution in [0.2, 0.25) is 0 Å². The van der Waals surface area contributed by atoms with Gasteiger partial charge in [0.05, 0.1) is 0 Å². The van der Waals surface area contributed by atoms with Crippen LogP contribution in [0.3, 0.4) is 0 Å². The molecule has 3 heteroatoms. The van der Waals surface area contributed by atoms with Crippen LogP contribution in [0, 0.1) is 0 Å². The summed E-state index contributed by atoms with van der Waals surface area (Å²) in [6, 6.07) is 6.93. The molecule has 0 radical (unpaired) electrons.